The second-order valence-corrected chi connectivity index (χ2v) is 10.4. The minimum absolute atomic E-state index is 0.414. The van der Waals surface area contributed by atoms with Crippen LogP contribution >= 0.6 is 0 Å². The predicted octanol–water partition coefficient (Wildman–Crippen LogP) is 9.77. The van der Waals surface area contributed by atoms with Gasteiger partial charge in [-0.15, -0.1) is 0 Å². The summed E-state index contributed by atoms with van der Waals surface area (Å²) in [6.45, 7) is 0. The zero-order valence-electron chi connectivity index (χ0n) is 23.6. The number of carbonyl (C=O) groups is 2. The highest BCUT2D eigenvalue weighted by atomic mass is 16.5. The van der Waals surface area contributed by atoms with Crippen molar-refractivity contribution in [3.63, 3.8) is 0 Å². The van der Waals surface area contributed by atoms with E-state index in [1.165, 1.54) is 0 Å². The lowest BCUT2D eigenvalue weighted by Gasteiger charge is -2.17. The summed E-state index contributed by atoms with van der Waals surface area (Å²) < 4.78 is 12.3. The molecule has 0 aliphatic carbocycles. The summed E-state index contributed by atoms with van der Waals surface area (Å²) >= 11 is 0. The third-order valence-corrected chi connectivity index (χ3v) is 7.63. The van der Waals surface area contributed by atoms with Gasteiger partial charge < -0.3 is 9.47 Å². The first-order chi connectivity index (χ1) is 21.7. The van der Waals surface area contributed by atoms with Crippen LogP contribution in [0, 0.1) is 0 Å². The summed E-state index contributed by atoms with van der Waals surface area (Å²) in [7, 11) is 0. The maximum atomic E-state index is 13.6. The van der Waals surface area contributed by atoms with E-state index >= 15 is 0 Å². The quantitative estimate of drug-likeness (QED) is 0.113. The van der Waals surface area contributed by atoms with E-state index in [1.807, 2.05) is 146 Å². The maximum Gasteiger partial charge on any atom is 0.343 e. The molecule has 0 bridgehead atoms. The van der Waals surface area contributed by atoms with Crippen molar-refractivity contribution < 1.29 is 19.1 Å². The second kappa shape index (κ2) is 11.7. The fourth-order valence-corrected chi connectivity index (χ4v) is 5.48. The zero-order valence-corrected chi connectivity index (χ0v) is 23.6. The molecule has 0 heterocycles. The van der Waals surface area contributed by atoms with Crippen molar-refractivity contribution >= 4 is 33.5 Å². The Bertz CT molecular complexity index is 1940. The molecule has 4 nitrogen and oxygen atoms in total. The first kappa shape index (κ1) is 26.9. The molecule has 7 aromatic rings. The van der Waals surface area contributed by atoms with Crippen LogP contribution in [0.1, 0.15) is 20.7 Å². The number of benzene rings is 7. The third-order valence-electron chi connectivity index (χ3n) is 7.63. The van der Waals surface area contributed by atoms with Gasteiger partial charge in [0, 0.05) is 21.5 Å². The summed E-state index contributed by atoms with van der Waals surface area (Å²) in [4.78, 5) is 27.1. The Labute approximate surface area is 254 Å². The Kier molecular flexibility index (Phi) is 7.15. The first-order valence-electron chi connectivity index (χ1n) is 14.3. The molecule has 0 radical (unpaired) electrons. The molecule has 0 aliphatic rings. The fourth-order valence-electron chi connectivity index (χ4n) is 5.48. The predicted molar refractivity (Wildman–Crippen MR) is 175 cm³/mol. The van der Waals surface area contributed by atoms with Crippen molar-refractivity contribution in [3.05, 3.63) is 169 Å². The molecule has 0 fully saturated rings. The van der Waals surface area contributed by atoms with Crippen LogP contribution in [0.3, 0.4) is 0 Å². The molecule has 0 aliphatic heterocycles. The van der Waals surface area contributed by atoms with Gasteiger partial charge in [0.1, 0.15) is 11.5 Å². The molecule has 0 saturated heterocycles. The monoisotopic (exact) mass is 570 g/mol. The second-order valence-electron chi connectivity index (χ2n) is 10.4. The molecule has 0 atom stereocenters. The Balaban J connectivity index is 1.27. The van der Waals surface area contributed by atoms with Crippen molar-refractivity contribution in [2.75, 3.05) is 0 Å². The maximum absolute atomic E-state index is 13.6. The van der Waals surface area contributed by atoms with Gasteiger partial charge in [0.25, 0.3) is 0 Å². The Morgan fingerprint density at radius 1 is 0.341 bits per heavy atom. The number of hydrogen-bond donors (Lipinski definition) is 0. The standard InChI is InChI=1S/C40H26O4/c41-39(31-19-11-17-29(25-31)27-13-3-1-4-14-27)43-37-33-21-7-9-23-35(33)38(36-24-10-8-22-34(36)37)44-40(42)32-20-12-18-30(26-32)28-15-5-2-6-16-28/h1-26H. The van der Waals surface area contributed by atoms with Crippen molar-refractivity contribution in [2.45, 2.75) is 0 Å². The molecular formula is C40H26O4. The molecular weight excluding hydrogens is 544 g/mol. The number of fused-ring (bicyclic) bond motifs is 2. The molecule has 44 heavy (non-hydrogen) atoms. The number of rotatable bonds is 6. The average Bonchev–Trinajstić information content (AvgIpc) is 3.10. The van der Waals surface area contributed by atoms with E-state index in [9.17, 15) is 9.59 Å². The van der Waals surface area contributed by atoms with E-state index in [0.717, 1.165) is 22.3 Å². The van der Waals surface area contributed by atoms with Gasteiger partial charge in [-0.2, -0.15) is 0 Å². The summed E-state index contributed by atoms with van der Waals surface area (Å²) in [6, 6.07) is 49.6. The zero-order chi connectivity index (χ0) is 29.9. The molecule has 4 heteroatoms. The number of esters is 2. The van der Waals surface area contributed by atoms with Gasteiger partial charge in [-0.3, -0.25) is 0 Å². The molecule has 7 aromatic carbocycles. The molecule has 0 spiro atoms. The summed E-state index contributed by atoms with van der Waals surface area (Å²) in [5.41, 5.74) is 4.75. The van der Waals surface area contributed by atoms with Crippen LogP contribution in [0.2, 0.25) is 0 Å². The van der Waals surface area contributed by atoms with E-state index in [-0.39, 0.29) is 0 Å². The van der Waals surface area contributed by atoms with E-state index in [2.05, 4.69) is 0 Å². The minimum Gasteiger partial charge on any atom is -0.422 e. The fraction of sp³-hybridized carbons (Fsp3) is 0. The van der Waals surface area contributed by atoms with Crippen molar-refractivity contribution in [1.29, 1.82) is 0 Å². The van der Waals surface area contributed by atoms with Gasteiger partial charge in [-0.05, 0) is 46.5 Å². The van der Waals surface area contributed by atoms with Crippen LogP contribution in [0.4, 0.5) is 0 Å². The van der Waals surface area contributed by atoms with Crippen LogP contribution in [0.25, 0.3) is 43.8 Å². The van der Waals surface area contributed by atoms with E-state index in [1.54, 1.807) is 12.1 Å². The SMILES string of the molecule is O=C(Oc1c2ccccc2c(OC(=O)c2cccc(-c3ccccc3)c2)c2ccccc12)c1cccc(-c2ccccc2)c1. The lowest BCUT2D eigenvalue weighted by atomic mass is 10.00. The van der Waals surface area contributed by atoms with Crippen molar-refractivity contribution in [2.24, 2.45) is 0 Å². The lowest BCUT2D eigenvalue weighted by molar-refractivity contribution is 0.0726. The van der Waals surface area contributed by atoms with Crippen LogP contribution in [0.5, 0.6) is 11.5 Å². The minimum atomic E-state index is -0.472. The largest absolute Gasteiger partial charge is 0.422 e. The topological polar surface area (TPSA) is 52.6 Å². The Morgan fingerprint density at radius 2 is 0.659 bits per heavy atom. The lowest BCUT2D eigenvalue weighted by Crippen LogP contribution is -2.11. The Hall–Kier alpha value is -6.00. The highest BCUT2D eigenvalue weighted by molar-refractivity contribution is 6.14. The molecule has 210 valence electrons. The Morgan fingerprint density at radius 3 is 1.02 bits per heavy atom. The van der Waals surface area contributed by atoms with Gasteiger partial charge in [-0.1, -0.05) is 133 Å². The normalized spacial score (nSPS) is 10.9. The molecule has 0 unspecified atom stereocenters. The van der Waals surface area contributed by atoms with Gasteiger partial charge in [0.05, 0.1) is 11.1 Å². The molecule has 0 amide bonds. The molecule has 7 rings (SSSR count). The molecule has 0 N–H and O–H groups in total. The number of ether oxygens (including phenoxy) is 2. The van der Waals surface area contributed by atoms with E-state index in [0.29, 0.717) is 44.2 Å². The van der Waals surface area contributed by atoms with Gasteiger partial charge in [0.15, 0.2) is 0 Å². The van der Waals surface area contributed by atoms with Crippen LogP contribution in [-0.4, -0.2) is 11.9 Å². The summed E-state index contributed by atoms with van der Waals surface area (Å²) in [5.74, 6) is -0.115. The van der Waals surface area contributed by atoms with Crippen molar-refractivity contribution in [3.8, 4) is 33.8 Å². The van der Waals surface area contributed by atoms with Gasteiger partial charge in [-0.25, -0.2) is 9.59 Å². The van der Waals surface area contributed by atoms with Crippen LogP contribution in [0.15, 0.2) is 158 Å². The highest BCUT2D eigenvalue weighted by Gasteiger charge is 2.21. The van der Waals surface area contributed by atoms with Crippen molar-refractivity contribution in [1.82, 2.24) is 0 Å². The van der Waals surface area contributed by atoms with Gasteiger partial charge >= 0.3 is 11.9 Å². The van der Waals surface area contributed by atoms with Crippen LogP contribution in [-0.2, 0) is 0 Å². The summed E-state index contributed by atoms with van der Waals surface area (Å²) in [5, 5.41) is 2.67. The molecule has 0 saturated carbocycles. The van der Waals surface area contributed by atoms with E-state index < -0.39 is 11.9 Å². The number of carbonyl (C=O) groups excluding carboxylic acids is 2. The smallest absolute Gasteiger partial charge is 0.343 e. The average molecular weight is 571 g/mol. The third kappa shape index (κ3) is 5.21. The van der Waals surface area contributed by atoms with E-state index in [4.69, 9.17) is 9.47 Å². The molecule has 0 aromatic heterocycles. The number of hydrogen-bond acceptors (Lipinski definition) is 4. The first-order valence-corrected chi connectivity index (χ1v) is 14.3. The van der Waals surface area contributed by atoms with Gasteiger partial charge in [0.2, 0.25) is 0 Å². The highest BCUT2D eigenvalue weighted by Crippen LogP contribution is 2.43. The summed E-state index contributed by atoms with van der Waals surface area (Å²) in [6.07, 6.45) is 0. The van der Waals surface area contributed by atoms with Crippen LogP contribution < -0.4 is 9.47 Å².